The van der Waals surface area contributed by atoms with Crippen LogP contribution in [0.1, 0.15) is 24.5 Å². The Balaban J connectivity index is 0.00000264. The second kappa shape index (κ2) is 11.5. The van der Waals surface area contributed by atoms with E-state index in [1.54, 1.807) is 17.6 Å². The monoisotopic (exact) mass is 447 g/mol. The van der Waals surface area contributed by atoms with E-state index in [4.69, 9.17) is 4.42 Å². The van der Waals surface area contributed by atoms with E-state index in [1.165, 1.54) is 4.88 Å². The Kier molecular flexibility index (Phi) is 10.0. The molecule has 2 heterocycles. The highest BCUT2D eigenvalue weighted by Gasteiger charge is 2.02. The highest BCUT2D eigenvalue weighted by Crippen LogP contribution is 2.08. The Morgan fingerprint density at radius 3 is 2.57 bits per heavy atom. The highest BCUT2D eigenvalue weighted by atomic mass is 127. The molecule has 0 aliphatic heterocycles. The summed E-state index contributed by atoms with van der Waals surface area (Å²) in [7, 11) is 0. The molecule has 2 aromatic rings. The van der Waals surface area contributed by atoms with Crippen LogP contribution >= 0.6 is 35.3 Å². The number of guanidine groups is 1. The van der Waals surface area contributed by atoms with E-state index in [2.05, 4.69) is 47.0 Å². The molecule has 2 N–H and O–H groups in total. The van der Waals surface area contributed by atoms with Crippen molar-refractivity contribution < 1.29 is 4.42 Å². The minimum atomic E-state index is 0. The predicted molar refractivity (Wildman–Crippen MR) is 109 cm³/mol. The smallest absolute Gasteiger partial charge is 0.191 e. The number of halogens is 1. The summed E-state index contributed by atoms with van der Waals surface area (Å²) in [5.41, 5.74) is 0. The molecule has 128 valence electrons. The molecule has 0 spiro atoms. The van der Waals surface area contributed by atoms with Gasteiger partial charge in [-0.15, -0.1) is 35.3 Å². The number of furan rings is 1. The van der Waals surface area contributed by atoms with Crippen LogP contribution in [0, 0.1) is 5.92 Å². The maximum Gasteiger partial charge on any atom is 0.191 e. The molecule has 2 rings (SSSR count). The van der Waals surface area contributed by atoms with E-state index >= 15 is 0 Å². The lowest BCUT2D eigenvalue weighted by Crippen LogP contribution is -2.39. The third kappa shape index (κ3) is 8.41. The van der Waals surface area contributed by atoms with E-state index in [1.807, 2.05) is 12.1 Å². The number of nitrogens with zero attached hydrogens (tertiary/aromatic N) is 1. The summed E-state index contributed by atoms with van der Waals surface area (Å²) < 4.78 is 5.34. The second-order valence-electron chi connectivity index (χ2n) is 5.60. The van der Waals surface area contributed by atoms with E-state index in [0.717, 1.165) is 44.2 Å². The Hall–Kier alpha value is -1.02. The van der Waals surface area contributed by atoms with E-state index in [0.29, 0.717) is 5.92 Å². The molecule has 6 heteroatoms. The second-order valence-corrected chi connectivity index (χ2v) is 6.63. The van der Waals surface area contributed by atoms with Crippen LogP contribution in [0.5, 0.6) is 0 Å². The fourth-order valence-electron chi connectivity index (χ4n) is 1.97. The molecule has 0 radical (unpaired) electrons. The van der Waals surface area contributed by atoms with Gasteiger partial charge < -0.3 is 15.1 Å². The van der Waals surface area contributed by atoms with Crippen molar-refractivity contribution in [3.05, 3.63) is 46.5 Å². The molecule has 4 nitrogen and oxygen atoms in total. The summed E-state index contributed by atoms with van der Waals surface area (Å²) in [4.78, 5) is 6.02. The van der Waals surface area contributed by atoms with Gasteiger partial charge in [-0.3, -0.25) is 4.99 Å². The third-order valence-electron chi connectivity index (χ3n) is 3.10. The van der Waals surface area contributed by atoms with Crippen LogP contribution in [-0.4, -0.2) is 25.6 Å². The lowest BCUT2D eigenvalue weighted by Gasteiger charge is -2.12. The highest BCUT2D eigenvalue weighted by molar-refractivity contribution is 14.0. The fraction of sp³-hybridized carbons (Fsp3) is 0.471. The minimum Gasteiger partial charge on any atom is -0.469 e. The molecule has 2 aromatic heterocycles. The topological polar surface area (TPSA) is 49.6 Å². The van der Waals surface area contributed by atoms with Crippen molar-refractivity contribution in [3.63, 3.8) is 0 Å². The number of aliphatic imine (C=N–C) groups is 1. The van der Waals surface area contributed by atoms with Crippen molar-refractivity contribution in [1.82, 2.24) is 10.6 Å². The molecule has 23 heavy (non-hydrogen) atoms. The molecule has 0 amide bonds. The number of thiophene rings is 1. The van der Waals surface area contributed by atoms with Crippen LogP contribution in [0.2, 0.25) is 0 Å². The lowest BCUT2D eigenvalue weighted by atomic mass is 10.2. The van der Waals surface area contributed by atoms with Gasteiger partial charge >= 0.3 is 0 Å². The largest absolute Gasteiger partial charge is 0.469 e. The van der Waals surface area contributed by atoms with Crippen LogP contribution in [0.3, 0.4) is 0 Å². The van der Waals surface area contributed by atoms with Gasteiger partial charge in [0.25, 0.3) is 0 Å². The van der Waals surface area contributed by atoms with Crippen LogP contribution in [0.25, 0.3) is 0 Å². The van der Waals surface area contributed by atoms with E-state index < -0.39 is 0 Å². The first-order valence-electron chi connectivity index (χ1n) is 7.81. The first-order chi connectivity index (χ1) is 10.7. The van der Waals surface area contributed by atoms with Crippen LogP contribution in [-0.2, 0) is 12.8 Å². The summed E-state index contributed by atoms with van der Waals surface area (Å²) >= 11 is 1.80. The molecule has 0 saturated heterocycles. The minimum absolute atomic E-state index is 0. The first-order valence-corrected chi connectivity index (χ1v) is 8.69. The van der Waals surface area contributed by atoms with E-state index in [9.17, 15) is 0 Å². The molecule has 0 bridgehead atoms. The van der Waals surface area contributed by atoms with Crippen molar-refractivity contribution in [1.29, 1.82) is 0 Å². The maximum absolute atomic E-state index is 5.34. The van der Waals surface area contributed by atoms with Gasteiger partial charge in [-0.25, -0.2) is 0 Å². The molecule has 0 aliphatic carbocycles. The Labute approximate surface area is 159 Å². The third-order valence-corrected chi connectivity index (χ3v) is 4.04. The Bertz CT molecular complexity index is 496. The van der Waals surface area contributed by atoms with Gasteiger partial charge in [0.05, 0.1) is 6.26 Å². The van der Waals surface area contributed by atoms with Crippen molar-refractivity contribution in [2.45, 2.75) is 26.7 Å². The van der Waals surface area contributed by atoms with Crippen molar-refractivity contribution >= 4 is 41.3 Å². The van der Waals surface area contributed by atoms with Crippen LogP contribution in [0.15, 0.2) is 45.3 Å². The maximum atomic E-state index is 5.34. The molecule has 0 unspecified atom stereocenters. The lowest BCUT2D eigenvalue weighted by molar-refractivity contribution is 0.506. The quantitative estimate of drug-likeness (QED) is 0.366. The fourth-order valence-corrected chi connectivity index (χ4v) is 2.68. The normalized spacial score (nSPS) is 11.3. The summed E-state index contributed by atoms with van der Waals surface area (Å²) in [6, 6.07) is 8.18. The average molecular weight is 447 g/mol. The summed E-state index contributed by atoms with van der Waals surface area (Å²) in [5.74, 6) is 2.44. The standard InChI is InChI=1S/C17H25N3OS.HI/c1-14(2)13-20-17(18-9-7-15-5-3-11-21-15)19-10-8-16-6-4-12-22-16;/h3-6,11-12,14H,7-10,13H2,1-2H3,(H2,18,19,20);1H. The molecule has 0 fully saturated rings. The number of nitrogens with one attached hydrogen (secondary N) is 2. The van der Waals surface area contributed by atoms with Crippen molar-refractivity contribution in [3.8, 4) is 0 Å². The number of hydrogen-bond donors (Lipinski definition) is 2. The van der Waals surface area contributed by atoms with E-state index in [-0.39, 0.29) is 24.0 Å². The number of hydrogen-bond acceptors (Lipinski definition) is 3. The zero-order chi connectivity index (χ0) is 15.6. The average Bonchev–Trinajstić information content (AvgIpc) is 3.17. The Morgan fingerprint density at radius 2 is 1.96 bits per heavy atom. The van der Waals surface area contributed by atoms with Gasteiger partial charge in [-0.05, 0) is 35.9 Å². The molecule has 0 saturated carbocycles. The zero-order valence-electron chi connectivity index (χ0n) is 13.7. The van der Waals surface area contributed by atoms with Crippen LogP contribution in [0.4, 0.5) is 0 Å². The summed E-state index contributed by atoms with van der Waals surface area (Å²) in [5, 5.41) is 8.90. The van der Waals surface area contributed by atoms with Crippen molar-refractivity contribution in [2.24, 2.45) is 10.9 Å². The molecular weight excluding hydrogens is 421 g/mol. The molecular formula is C17H26IN3OS. The summed E-state index contributed by atoms with van der Waals surface area (Å²) in [6.07, 6.45) is 3.60. The molecule has 0 atom stereocenters. The van der Waals surface area contributed by atoms with Gasteiger partial charge in [0.2, 0.25) is 0 Å². The van der Waals surface area contributed by atoms with Gasteiger partial charge in [0, 0.05) is 30.9 Å². The zero-order valence-corrected chi connectivity index (χ0v) is 16.9. The number of rotatable bonds is 8. The van der Waals surface area contributed by atoms with Gasteiger partial charge in [0.1, 0.15) is 5.76 Å². The van der Waals surface area contributed by atoms with Crippen molar-refractivity contribution in [2.75, 3.05) is 19.6 Å². The molecule has 0 aliphatic rings. The van der Waals surface area contributed by atoms with Gasteiger partial charge in [-0.2, -0.15) is 0 Å². The molecule has 0 aromatic carbocycles. The van der Waals surface area contributed by atoms with Crippen LogP contribution < -0.4 is 10.6 Å². The van der Waals surface area contributed by atoms with Gasteiger partial charge in [0.15, 0.2) is 5.96 Å². The predicted octanol–water partition coefficient (Wildman–Crippen LogP) is 3.94. The van der Waals surface area contributed by atoms with Gasteiger partial charge in [-0.1, -0.05) is 19.9 Å². The Morgan fingerprint density at radius 1 is 1.17 bits per heavy atom. The first kappa shape index (κ1) is 20.0. The summed E-state index contributed by atoms with van der Waals surface area (Å²) in [6.45, 7) is 6.89. The SMILES string of the molecule is CC(C)CN=C(NCCc1ccco1)NCCc1cccs1.I.